The monoisotopic (exact) mass is 348 g/mol. The molecule has 128 valence electrons. The van der Waals surface area contributed by atoms with Gasteiger partial charge in [-0.05, 0) is 33.6 Å². The molecule has 10 heteroatoms. The number of alkyl halides is 2. The van der Waals surface area contributed by atoms with Gasteiger partial charge in [0, 0.05) is 6.54 Å². The van der Waals surface area contributed by atoms with Crippen LogP contribution in [-0.4, -0.2) is 45.3 Å². The van der Waals surface area contributed by atoms with E-state index in [0.29, 0.717) is 30.7 Å². The van der Waals surface area contributed by atoms with Crippen molar-refractivity contribution in [2.45, 2.75) is 51.7 Å². The van der Waals surface area contributed by atoms with Crippen molar-refractivity contribution < 1.29 is 23.1 Å². The number of nitrogens with one attached hydrogen (secondary N) is 1. The molecule has 0 aliphatic carbocycles. The van der Waals surface area contributed by atoms with Crippen LogP contribution in [-0.2, 0) is 9.53 Å². The molecular weight excluding hydrogens is 330 g/mol. The van der Waals surface area contributed by atoms with Crippen molar-refractivity contribution in [3.8, 4) is 0 Å². The van der Waals surface area contributed by atoms with Gasteiger partial charge in [0.1, 0.15) is 11.6 Å². The summed E-state index contributed by atoms with van der Waals surface area (Å²) >= 11 is 0.609. The molecule has 1 saturated heterocycles. The Kier molecular flexibility index (Phi) is 5.12. The Balaban J connectivity index is 2.01. The van der Waals surface area contributed by atoms with E-state index in [1.807, 2.05) is 0 Å². The molecule has 1 aromatic rings. The van der Waals surface area contributed by atoms with Gasteiger partial charge in [0.05, 0.1) is 0 Å². The molecule has 2 heterocycles. The molecule has 0 aromatic carbocycles. The number of likely N-dealkylation sites (tertiary alicyclic amines) is 1. The Morgan fingerprint density at radius 1 is 1.39 bits per heavy atom. The number of nitrogens with zero attached hydrogens (tertiary/aromatic N) is 3. The van der Waals surface area contributed by atoms with Gasteiger partial charge in [0.15, 0.2) is 5.01 Å². The first-order chi connectivity index (χ1) is 10.7. The molecule has 0 bridgehead atoms. The maximum Gasteiger partial charge on any atom is 0.410 e. The van der Waals surface area contributed by atoms with Crippen LogP contribution < -0.4 is 5.32 Å². The van der Waals surface area contributed by atoms with Gasteiger partial charge < -0.3 is 4.74 Å². The van der Waals surface area contributed by atoms with Gasteiger partial charge in [-0.3, -0.25) is 15.0 Å². The van der Waals surface area contributed by atoms with Gasteiger partial charge in [-0.1, -0.05) is 11.3 Å². The molecule has 0 spiro atoms. The summed E-state index contributed by atoms with van der Waals surface area (Å²) in [4.78, 5) is 25.7. The van der Waals surface area contributed by atoms with Crippen LogP contribution in [0.2, 0.25) is 0 Å². The highest BCUT2D eigenvalue weighted by atomic mass is 32.1. The fourth-order valence-electron chi connectivity index (χ4n) is 2.14. The molecule has 1 fully saturated rings. The second kappa shape index (κ2) is 6.73. The van der Waals surface area contributed by atoms with E-state index < -0.39 is 35.1 Å². The highest BCUT2D eigenvalue weighted by Gasteiger charge is 2.37. The topological polar surface area (TPSA) is 84.4 Å². The van der Waals surface area contributed by atoms with Crippen LogP contribution in [0.5, 0.6) is 0 Å². The third kappa shape index (κ3) is 4.57. The molecule has 1 aliphatic rings. The fraction of sp³-hybridized carbons (Fsp3) is 0.692. The molecule has 1 aliphatic heterocycles. The summed E-state index contributed by atoms with van der Waals surface area (Å²) in [6.45, 7) is 5.63. The van der Waals surface area contributed by atoms with E-state index in [1.54, 1.807) is 20.8 Å². The summed E-state index contributed by atoms with van der Waals surface area (Å²) in [5.74, 6) is -0.481. The zero-order valence-corrected chi connectivity index (χ0v) is 13.8. The molecule has 2 rings (SSSR count). The first-order valence-corrected chi connectivity index (χ1v) is 7.91. The molecule has 1 N–H and O–H groups in total. The van der Waals surface area contributed by atoms with Crippen LogP contribution >= 0.6 is 11.3 Å². The van der Waals surface area contributed by atoms with Crippen LogP contribution in [0.1, 0.15) is 45.0 Å². The van der Waals surface area contributed by atoms with Crippen molar-refractivity contribution >= 4 is 28.5 Å². The molecule has 1 atom stereocenters. The van der Waals surface area contributed by atoms with E-state index >= 15 is 0 Å². The van der Waals surface area contributed by atoms with Crippen LogP contribution in [0, 0.1) is 0 Å². The van der Waals surface area contributed by atoms with E-state index in [0.717, 1.165) is 0 Å². The third-order valence-electron chi connectivity index (χ3n) is 3.04. The normalized spacial score (nSPS) is 18.3. The van der Waals surface area contributed by atoms with Gasteiger partial charge in [-0.15, -0.1) is 10.2 Å². The van der Waals surface area contributed by atoms with Gasteiger partial charge in [-0.2, -0.15) is 0 Å². The summed E-state index contributed by atoms with van der Waals surface area (Å²) in [6.07, 6.45) is -2.16. The van der Waals surface area contributed by atoms with Crippen LogP contribution in [0.25, 0.3) is 0 Å². The maximum absolute atomic E-state index is 12.5. The van der Waals surface area contributed by atoms with E-state index in [9.17, 15) is 18.4 Å². The van der Waals surface area contributed by atoms with Crippen molar-refractivity contribution in [1.29, 1.82) is 0 Å². The zero-order chi connectivity index (χ0) is 17.2. The van der Waals surface area contributed by atoms with E-state index in [-0.39, 0.29) is 5.13 Å². The SMILES string of the molecule is CC(C)(C)OC(=O)N1CCC[C@@H]1C(=O)Nc1nnc(C(F)F)s1. The molecule has 23 heavy (non-hydrogen) atoms. The number of hydrogen-bond acceptors (Lipinski definition) is 6. The molecule has 0 radical (unpaired) electrons. The van der Waals surface area contributed by atoms with Crippen molar-refractivity contribution in [2.24, 2.45) is 0 Å². The Morgan fingerprint density at radius 2 is 2.09 bits per heavy atom. The Morgan fingerprint density at radius 3 is 2.65 bits per heavy atom. The number of carbonyl (C=O) groups is 2. The van der Waals surface area contributed by atoms with E-state index in [2.05, 4.69) is 15.5 Å². The number of anilines is 1. The Labute approximate surface area is 136 Å². The minimum Gasteiger partial charge on any atom is -0.444 e. The average molecular weight is 348 g/mol. The lowest BCUT2D eigenvalue weighted by atomic mass is 10.2. The number of ether oxygens (including phenoxy) is 1. The number of aromatic nitrogens is 2. The second-order valence-corrected chi connectivity index (χ2v) is 7.08. The zero-order valence-electron chi connectivity index (χ0n) is 13.0. The van der Waals surface area contributed by atoms with Crippen LogP contribution in [0.15, 0.2) is 0 Å². The highest BCUT2D eigenvalue weighted by Crippen LogP contribution is 2.26. The van der Waals surface area contributed by atoms with Crippen LogP contribution in [0.3, 0.4) is 0 Å². The first kappa shape index (κ1) is 17.5. The summed E-state index contributed by atoms with van der Waals surface area (Å²) in [5, 5.41) is 8.75. The first-order valence-electron chi connectivity index (χ1n) is 7.09. The number of amides is 2. The minimum absolute atomic E-state index is 0.0126. The fourth-order valence-corrected chi connectivity index (χ4v) is 2.74. The molecule has 0 unspecified atom stereocenters. The number of hydrogen-bond donors (Lipinski definition) is 1. The lowest BCUT2D eigenvalue weighted by Crippen LogP contribution is -2.45. The maximum atomic E-state index is 12.5. The standard InChI is InChI=1S/C13H18F2N4O3S/c1-13(2,3)22-12(21)19-6-4-5-7(19)9(20)16-11-18-17-10(23-11)8(14)15/h7-8H,4-6H2,1-3H3,(H,16,18,20)/t7-/m1/s1. The van der Waals surface area contributed by atoms with Gasteiger partial charge in [0.2, 0.25) is 11.0 Å². The molecule has 7 nitrogen and oxygen atoms in total. The van der Waals surface area contributed by atoms with Gasteiger partial charge in [-0.25, -0.2) is 13.6 Å². The molecule has 0 saturated carbocycles. The Bertz CT molecular complexity index is 588. The van der Waals surface area contributed by atoms with Crippen molar-refractivity contribution in [2.75, 3.05) is 11.9 Å². The lowest BCUT2D eigenvalue weighted by Gasteiger charge is -2.27. The summed E-state index contributed by atoms with van der Waals surface area (Å²) in [7, 11) is 0. The largest absolute Gasteiger partial charge is 0.444 e. The summed E-state index contributed by atoms with van der Waals surface area (Å²) in [5.41, 5.74) is -0.661. The number of halogens is 2. The van der Waals surface area contributed by atoms with Crippen LogP contribution in [0.4, 0.5) is 18.7 Å². The second-order valence-electron chi connectivity index (χ2n) is 6.07. The summed E-state index contributed by atoms with van der Waals surface area (Å²) in [6, 6.07) is -0.705. The third-order valence-corrected chi connectivity index (χ3v) is 3.89. The van der Waals surface area contributed by atoms with E-state index in [4.69, 9.17) is 4.74 Å². The quantitative estimate of drug-likeness (QED) is 0.908. The Hall–Kier alpha value is -1.84. The van der Waals surface area contributed by atoms with Crippen molar-refractivity contribution in [3.05, 3.63) is 5.01 Å². The molecule has 2 amide bonds. The number of carbonyl (C=O) groups excluding carboxylic acids is 2. The lowest BCUT2D eigenvalue weighted by molar-refractivity contribution is -0.120. The average Bonchev–Trinajstić information content (AvgIpc) is 3.04. The van der Waals surface area contributed by atoms with Crippen molar-refractivity contribution in [3.63, 3.8) is 0 Å². The molecule has 1 aromatic heterocycles. The summed E-state index contributed by atoms with van der Waals surface area (Å²) < 4.78 is 30.2. The highest BCUT2D eigenvalue weighted by molar-refractivity contribution is 7.15. The predicted molar refractivity (Wildman–Crippen MR) is 79.5 cm³/mol. The van der Waals surface area contributed by atoms with Crippen molar-refractivity contribution in [1.82, 2.24) is 15.1 Å². The minimum atomic E-state index is -2.73. The molecular formula is C13H18F2N4O3S. The van der Waals surface area contributed by atoms with E-state index in [1.165, 1.54) is 4.90 Å². The van der Waals surface area contributed by atoms with Gasteiger partial charge >= 0.3 is 6.09 Å². The van der Waals surface area contributed by atoms with Gasteiger partial charge in [0.25, 0.3) is 6.43 Å². The smallest absolute Gasteiger partial charge is 0.410 e. The number of rotatable bonds is 3. The predicted octanol–water partition coefficient (Wildman–Crippen LogP) is 2.81.